The van der Waals surface area contributed by atoms with Crippen LogP contribution in [0.25, 0.3) is 11.1 Å². The zero-order valence-corrected chi connectivity index (χ0v) is 24.5. The van der Waals surface area contributed by atoms with Crippen molar-refractivity contribution in [1.29, 1.82) is 0 Å². The summed E-state index contributed by atoms with van der Waals surface area (Å²) in [6.07, 6.45) is 1.95. The Bertz CT molecular complexity index is 1430. The predicted octanol–water partition coefficient (Wildman–Crippen LogP) is 3.62. The molecule has 3 aromatic rings. The number of aromatic nitrogens is 1. The number of aliphatic hydroxyl groups excluding tert-OH is 2. The van der Waals surface area contributed by atoms with Crippen molar-refractivity contribution in [1.82, 2.24) is 14.6 Å². The Hall–Kier alpha value is -4.00. The fraction of sp³-hybridized carbons (Fsp3) is 0.367. The molecule has 0 bridgehead atoms. The number of nitrogens with zero attached hydrogens (tertiary/aromatic N) is 2. The molecular weight excluding hydrogens is 562 g/mol. The van der Waals surface area contributed by atoms with E-state index in [1.807, 2.05) is 29.0 Å². The van der Waals surface area contributed by atoms with Crippen LogP contribution in [0.4, 0.5) is 4.79 Å². The van der Waals surface area contributed by atoms with Crippen molar-refractivity contribution in [2.24, 2.45) is 0 Å². The molecule has 1 aromatic heterocycles. The number of benzene rings is 2. The number of carbonyl (C=O) groups excluding carboxylic acids is 1. The minimum atomic E-state index is -3.91. The summed E-state index contributed by atoms with van der Waals surface area (Å²) in [6, 6.07) is 16.0. The molecule has 0 aliphatic rings. The van der Waals surface area contributed by atoms with Gasteiger partial charge in [-0.2, -0.15) is 0 Å². The van der Waals surface area contributed by atoms with Crippen LogP contribution in [0.15, 0.2) is 67.0 Å². The minimum absolute atomic E-state index is 0.0139. The number of hydrogen-bond acceptors (Lipinski definition) is 8. The average molecular weight is 600 g/mol. The first-order valence-corrected chi connectivity index (χ1v) is 15.3. The number of carboxylic acid groups (broad SMARTS) is 1. The fourth-order valence-electron chi connectivity index (χ4n) is 4.23. The van der Waals surface area contributed by atoms with Gasteiger partial charge in [0, 0.05) is 31.1 Å². The van der Waals surface area contributed by atoms with Crippen LogP contribution in [0.2, 0.25) is 0 Å². The van der Waals surface area contributed by atoms with E-state index in [4.69, 9.17) is 9.84 Å². The lowest BCUT2D eigenvalue weighted by atomic mass is 10.00. The highest BCUT2D eigenvalue weighted by Gasteiger charge is 2.21. The zero-order valence-electron chi connectivity index (χ0n) is 23.6. The quantitative estimate of drug-likeness (QED) is 0.204. The molecule has 12 heteroatoms. The van der Waals surface area contributed by atoms with Crippen LogP contribution in [0.3, 0.4) is 0 Å². The van der Waals surface area contributed by atoms with Gasteiger partial charge >= 0.3 is 6.09 Å². The van der Waals surface area contributed by atoms with Gasteiger partial charge in [0.25, 0.3) is 5.91 Å². The molecule has 42 heavy (non-hydrogen) atoms. The van der Waals surface area contributed by atoms with Crippen molar-refractivity contribution in [2.45, 2.75) is 45.3 Å². The molecule has 2 aromatic carbocycles. The third-order valence-electron chi connectivity index (χ3n) is 6.32. The Morgan fingerprint density at radius 1 is 1.05 bits per heavy atom. The number of aliphatic hydroxyl groups is 2. The van der Waals surface area contributed by atoms with E-state index in [1.54, 1.807) is 44.3 Å². The summed E-state index contributed by atoms with van der Waals surface area (Å²) in [5, 5.41) is 28.9. The van der Waals surface area contributed by atoms with Crippen molar-refractivity contribution in [2.75, 3.05) is 25.4 Å². The van der Waals surface area contributed by atoms with E-state index in [2.05, 4.69) is 4.98 Å². The first-order chi connectivity index (χ1) is 20.0. The van der Waals surface area contributed by atoms with E-state index in [9.17, 15) is 28.2 Å². The van der Waals surface area contributed by atoms with Crippen molar-refractivity contribution >= 4 is 22.0 Å². The van der Waals surface area contributed by atoms with Crippen LogP contribution < -0.4 is 9.46 Å². The highest BCUT2D eigenvalue weighted by Crippen LogP contribution is 2.29. The van der Waals surface area contributed by atoms with E-state index >= 15 is 0 Å². The molecule has 0 fully saturated rings. The monoisotopic (exact) mass is 599 g/mol. The topological polar surface area (TPSA) is 166 Å². The molecule has 0 spiro atoms. The van der Waals surface area contributed by atoms with Gasteiger partial charge in [-0.1, -0.05) is 36.4 Å². The van der Waals surface area contributed by atoms with Crippen molar-refractivity contribution in [3.63, 3.8) is 0 Å². The number of hydrogen-bond donors (Lipinski definition) is 4. The fourth-order valence-corrected chi connectivity index (χ4v) is 5.24. The van der Waals surface area contributed by atoms with Gasteiger partial charge in [-0.15, -0.1) is 0 Å². The van der Waals surface area contributed by atoms with Gasteiger partial charge in [0.15, 0.2) is 0 Å². The van der Waals surface area contributed by atoms with Gasteiger partial charge in [0.2, 0.25) is 10.0 Å². The summed E-state index contributed by atoms with van der Waals surface area (Å²) in [5.74, 6) is -0.945. The second-order valence-electron chi connectivity index (χ2n) is 10.0. The van der Waals surface area contributed by atoms with Crippen LogP contribution in [0.5, 0.6) is 5.75 Å². The van der Waals surface area contributed by atoms with Crippen LogP contribution in [0.1, 0.15) is 54.3 Å². The molecule has 1 heterocycles. The smallest absolute Gasteiger partial charge is 0.407 e. The lowest BCUT2D eigenvalue weighted by molar-refractivity contribution is 0.0960. The number of ether oxygens (including phenoxy) is 1. The third-order valence-corrected chi connectivity index (χ3v) is 7.64. The summed E-state index contributed by atoms with van der Waals surface area (Å²) in [5.41, 5.74) is 3.24. The van der Waals surface area contributed by atoms with Crippen molar-refractivity contribution < 1.29 is 38.1 Å². The maximum atomic E-state index is 12.8. The van der Waals surface area contributed by atoms with Crippen LogP contribution >= 0.6 is 0 Å². The number of rotatable bonds is 15. The summed E-state index contributed by atoms with van der Waals surface area (Å²) in [6.45, 7) is 3.49. The Labute approximate surface area is 245 Å². The largest absolute Gasteiger partial charge is 0.490 e. The van der Waals surface area contributed by atoms with Gasteiger partial charge in [-0.25, -0.2) is 17.9 Å². The Balaban J connectivity index is 1.66. The lowest BCUT2D eigenvalue weighted by Gasteiger charge is -2.22. The summed E-state index contributed by atoms with van der Waals surface area (Å²) >= 11 is 0. The highest BCUT2D eigenvalue weighted by atomic mass is 32.2. The molecule has 0 aliphatic carbocycles. The normalized spacial score (nSPS) is 12.1. The standard InChI is InChI=1S/C30H37N3O8S/c1-21(2)41-28-18-24(12-13-26(28)29(36)32-42(39,40)17-5-16-34)23-10-8-22(9-11-23)6-4-15-33(30(37)38)20-27(35)25-7-3-14-31-19-25/h3,7-14,18-19,21,27,34-35H,4-6,15-17,20H2,1-2H3,(H,32,36)(H,37,38)/t27-/m0/s1. The molecule has 1 atom stereocenters. The summed E-state index contributed by atoms with van der Waals surface area (Å²) in [7, 11) is -3.91. The molecular formula is C30H37N3O8S. The summed E-state index contributed by atoms with van der Waals surface area (Å²) < 4.78 is 32.2. The Morgan fingerprint density at radius 2 is 1.76 bits per heavy atom. The number of sulfonamides is 1. The third kappa shape index (κ3) is 9.82. The van der Waals surface area contributed by atoms with E-state index in [0.717, 1.165) is 16.7 Å². The molecule has 226 valence electrons. The number of pyridine rings is 1. The van der Waals surface area contributed by atoms with E-state index in [0.29, 0.717) is 18.4 Å². The molecule has 0 radical (unpaired) electrons. The second-order valence-corrected chi connectivity index (χ2v) is 11.9. The van der Waals surface area contributed by atoms with Crippen molar-refractivity contribution in [3.8, 4) is 16.9 Å². The van der Waals surface area contributed by atoms with E-state index in [1.165, 1.54) is 17.2 Å². The first-order valence-electron chi connectivity index (χ1n) is 13.6. The van der Waals surface area contributed by atoms with Crippen molar-refractivity contribution in [3.05, 3.63) is 83.7 Å². The van der Waals surface area contributed by atoms with Crippen LogP contribution in [0, 0.1) is 0 Å². The Kier molecular flexibility index (Phi) is 11.8. The number of carbonyl (C=O) groups is 2. The highest BCUT2D eigenvalue weighted by molar-refractivity contribution is 7.90. The van der Waals surface area contributed by atoms with Crippen LogP contribution in [-0.4, -0.2) is 77.2 Å². The van der Waals surface area contributed by atoms with Gasteiger partial charge in [0.05, 0.1) is 30.1 Å². The zero-order chi connectivity index (χ0) is 30.7. The van der Waals surface area contributed by atoms with Gasteiger partial charge in [0.1, 0.15) is 5.75 Å². The second kappa shape index (κ2) is 15.3. The molecule has 0 saturated carbocycles. The molecule has 0 aliphatic heterocycles. The average Bonchev–Trinajstić information content (AvgIpc) is 2.95. The van der Waals surface area contributed by atoms with Gasteiger partial charge < -0.3 is 25.0 Å². The van der Waals surface area contributed by atoms with E-state index in [-0.39, 0.29) is 49.3 Å². The maximum Gasteiger partial charge on any atom is 0.407 e. The maximum absolute atomic E-state index is 12.8. The number of nitrogens with one attached hydrogen (secondary N) is 1. The Morgan fingerprint density at radius 3 is 2.38 bits per heavy atom. The molecule has 0 saturated heterocycles. The lowest BCUT2D eigenvalue weighted by Crippen LogP contribution is -2.34. The number of aryl methyl sites for hydroxylation is 1. The molecule has 11 nitrogen and oxygen atoms in total. The minimum Gasteiger partial charge on any atom is -0.490 e. The molecule has 3 rings (SSSR count). The predicted molar refractivity (Wildman–Crippen MR) is 158 cm³/mol. The number of amides is 2. The van der Waals surface area contributed by atoms with Gasteiger partial charge in [-0.05, 0) is 68.0 Å². The molecule has 0 unspecified atom stereocenters. The first kappa shape index (κ1) is 32.5. The molecule has 4 N–H and O–H groups in total. The summed E-state index contributed by atoms with van der Waals surface area (Å²) in [4.78, 5) is 29.6. The van der Waals surface area contributed by atoms with Gasteiger partial charge in [-0.3, -0.25) is 9.78 Å². The van der Waals surface area contributed by atoms with Crippen LogP contribution in [-0.2, 0) is 16.4 Å². The van der Waals surface area contributed by atoms with E-state index < -0.39 is 28.1 Å². The molecule has 2 amide bonds. The SMILES string of the molecule is CC(C)Oc1cc(-c2ccc(CCCN(C[C@H](O)c3cccnc3)C(=O)O)cc2)ccc1C(=O)NS(=O)(=O)CCCO.